The molecule has 2 N–H and O–H groups in total. The molecule has 0 aliphatic carbocycles. The predicted octanol–water partition coefficient (Wildman–Crippen LogP) is -1.07. The van der Waals surface area contributed by atoms with Crippen LogP contribution < -0.4 is 10.6 Å². The van der Waals surface area contributed by atoms with Gasteiger partial charge in [-0.2, -0.15) is 0 Å². The van der Waals surface area contributed by atoms with E-state index in [1.165, 1.54) is 13.1 Å². The summed E-state index contributed by atoms with van der Waals surface area (Å²) in [6.45, 7) is 2.40. The Balaban J connectivity index is 2.03. The lowest BCUT2D eigenvalue weighted by atomic mass is 9.93. The highest BCUT2D eigenvalue weighted by atomic mass is 15.2. The van der Waals surface area contributed by atoms with Crippen molar-refractivity contribution in [3.63, 3.8) is 0 Å². The van der Waals surface area contributed by atoms with E-state index in [0.29, 0.717) is 0 Å². The molecule has 0 bridgehead atoms. The van der Waals surface area contributed by atoms with Crippen molar-refractivity contribution in [1.29, 1.82) is 0 Å². The van der Waals surface area contributed by atoms with Crippen LogP contribution in [0.25, 0.3) is 0 Å². The van der Waals surface area contributed by atoms with Gasteiger partial charge in [-0.3, -0.25) is 0 Å². The van der Waals surface area contributed by atoms with Crippen LogP contribution in [0.5, 0.6) is 0 Å². The molecule has 6 heavy (non-hydrogen) atoms. The van der Waals surface area contributed by atoms with E-state index in [4.69, 9.17) is 0 Å². The third-order valence-electron chi connectivity index (χ3n) is 1.69. The molecule has 2 heteroatoms. The van der Waals surface area contributed by atoms with Crippen LogP contribution in [0.4, 0.5) is 0 Å². The first-order chi connectivity index (χ1) is 2.97. The van der Waals surface area contributed by atoms with E-state index < -0.39 is 0 Å². The Hall–Kier alpha value is -0.0800. The molecular formula is C4H8N2. The van der Waals surface area contributed by atoms with E-state index >= 15 is 0 Å². The van der Waals surface area contributed by atoms with Crippen molar-refractivity contribution in [3.8, 4) is 0 Å². The van der Waals surface area contributed by atoms with Gasteiger partial charge in [-0.25, -0.2) is 0 Å². The van der Waals surface area contributed by atoms with Crippen molar-refractivity contribution in [1.82, 2.24) is 10.6 Å². The van der Waals surface area contributed by atoms with Gasteiger partial charge in [-0.1, -0.05) is 0 Å². The van der Waals surface area contributed by atoms with Gasteiger partial charge in [-0.15, -0.1) is 0 Å². The fourth-order valence-corrected chi connectivity index (χ4v) is 0.949. The van der Waals surface area contributed by atoms with Crippen molar-refractivity contribution in [2.75, 3.05) is 13.1 Å². The fourth-order valence-electron chi connectivity index (χ4n) is 0.949. The average Bonchev–Trinajstić information content (AvgIpc) is 1.54. The van der Waals surface area contributed by atoms with Gasteiger partial charge in [0.25, 0.3) is 0 Å². The Labute approximate surface area is 36.9 Å². The van der Waals surface area contributed by atoms with E-state index in [-0.39, 0.29) is 0 Å². The van der Waals surface area contributed by atoms with E-state index in [2.05, 4.69) is 10.6 Å². The van der Waals surface area contributed by atoms with E-state index in [1.807, 2.05) is 0 Å². The molecule has 0 aromatic rings. The number of hydrogen-bond acceptors (Lipinski definition) is 2. The molecule has 2 aliphatic heterocycles. The summed E-state index contributed by atoms with van der Waals surface area (Å²) in [5.74, 6) is 0. The summed E-state index contributed by atoms with van der Waals surface area (Å²) in [5, 5.41) is 6.56. The minimum atomic E-state index is 0.852. The Kier molecular flexibility index (Phi) is 0.383. The largest absolute Gasteiger partial charge is 0.310 e. The van der Waals surface area contributed by atoms with Crippen molar-refractivity contribution >= 4 is 0 Å². The Bertz CT molecular complexity index is 53.9. The minimum Gasteiger partial charge on any atom is -0.310 e. The van der Waals surface area contributed by atoms with Crippen LogP contribution in [-0.4, -0.2) is 25.2 Å². The summed E-state index contributed by atoms with van der Waals surface area (Å²) in [4.78, 5) is 0. The van der Waals surface area contributed by atoms with Gasteiger partial charge >= 0.3 is 0 Å². The van der Waals surface area contributed by atoms with Gasteiger partial charge in [0.05, 0.1) is 0 Å². The molecule has 0 aromatic heterocycles. The van der Waals surface area contributed by atoms with Crippen LogP contribution in [0.15, 0.2) is 0 Å². The fraction of sp³-hybridized carbons (Fsp3) is 1.00. The van der Waals surface area contributed by atoms with Crippen LogP contribution in [0.3, 0.4) is 0 Å². The first-order valence-corrected chi connectivity index (χ1v) is 2.43. The van der Waals surface area contributed by atoms with Crippen LogP contribution in [0.2, 0.25) is 0 Å². The molecule has 0 spiro atoms. The molecule has 1 unspecified atom stereocenters. The lowest BCUT2D eigenvalue weighted by Crippen LogP contribution is -2.76. The molecule has 0 saturated carbocycles. The summed E-state index contributed by atoms with van der Waals surface area (Å²) >= 11 is 0. The van der Waals surface area contributed by atoms with E-state index in [9.17, 15) is 0 Å². The van der Waals surface area contributed by atoms with Crippen molar-refractivity contribution in [2.24, 2.45) is 0 Å². The average molecular weight is 84.1 g/mol. The minimum absolute atomic E-state index is 0.852. The second-order valence-corrected chi connectivity index (χ2v) is 2.03. The monoisotopic (exact) mass is 84.1 g/mol. The molecule has 0 aromatic carbocycles. The van der Waals surface area contributed by atoms with Crippen LogP contribution in [-0.2, 0) is 0 Å². The van der Waals surface area contributed by atoms with Crippen LogP contribution >= 0.6 is 0 Å². The highest BCUT2D eigenvalue weighted by Crippen LogP contribution is 2.10. The maximum Gasteiger partial charge on any atom is 0.0359 e. The lowest BCUT2D eigenvalue weighted by Gasteiger charge is -2.48. The molecule has 2 heterocycles. The molecule has 2 fully saturated rings. The highest BCUT2D eigenvalue weighted by molar-refractivity contribution is 5.03. The van der Waals surface area contributed by atoms with Crippen molar-refractivity contribution in [2.45, 2.75) is 12.1 Å². The first kappa shape index (κ1) is 2.99. The predicted molar refractivity (Wildman–Crippen MR) is 23.6 cm³/mol. The number of piperazine rings is 1. The Morgan fingerprint density at radius 1 is 1.00 bits per heavy atom. The number of hydrogen-bond donors (Lipinski definition) is 2. The summed E-state index contributed by atoms with van der Waals surface area (Å²) < 4.78 is 0. The molecule has 2 saturated heterocycles. The van der Waals surface area contributed by atoms with Gasteiger partial charge in [0.15, 0.2) is 0 Å². The topological polar surface area (TPSA) is 24.1 Å². The maximum atomic E-state index is 3.28. The normalized spacial score (nSPS) is 52.0. The molecule has 34 valence electrons. The van der Waals surface area contributed by atoms with E-state index in [1.54, 1.807) is 0 Å². The summed E-state index contributed by atoms with van der Waals surface area (Å²) in [5.41, 5.74) is 0. The van der Waals surface area contributed by atoms with Crippen LogP contribution in [0.1, 0.15) is 0 Å². The Morgan fingerprint density at radius 3 is 1.50 bits per heavy atom. The zero-order valence-electron chi connectivity index (χ0n) is 3.57. The molecule has 0 amide bonds. The molecular weight excluding hydrogens is 76.1 g/mol. The highest BCUT2D eigenvalue weighted by Gasteiger charge is 2.37. The van der Waals surface area contributed by atoms with Gasteiger partial charge in [0.2, 0.25) is 0 Å². The maximum absolute atomic E-state index is 3.28. The zero-order chi connectivity index (χ0) is 3.98. The second-order valence-electron chi connectivity index (χ2n) is 2.03. The lowest BCUT2D eigenvalue weighted by molar-refractivity contribution is 0.164. The molecule has 0 radical (unpaired) electrons. The van der Waals surface area contributed by atoms with Crippen molar-refractivity contribution < 1.29 is 0 Å². The number of rotatable bonds is 0. The van der Waals surface area contributed by atoms with Crippen molar-refractivity contribution in [3.05, 3.63) is 0 Å². The Morgan fingerprint density at radius 2 is 1.50 bits per heavy atom. The van der Waals surface area contributed by atoms with Gasteiger partial charge in [0.1, 0.15) is 0 Å². The standard InChI is InChI=1S/C4H8N2/c1-3-4(5-1)2-6-3/h3-6H,1-2H2/t3-,4?/m1/s1. The number of nitrogens with one attached hydrogen (secondary N) is 2. The zero-order valence-corrected chi connectivity index (χ0v) is 3.57. The summed E-state index contributed by atoms with van der Waals surface area (Å²) in [7, 11) is 0. The van der Waals surface area contributed by atoms with Gasteiger partial charge in [0, 0.05) is 25.2 Å². The SMILES string of the molecule is C1N[C@@H]2CNC12. The third kappa shape index (κ3) is 0.172. The summed E-state index contributed by atoms with van der Waals surface area (Å²) in [6, 6.07) is 1.70. The summed E-state index contributed by atoms with van der Waals surface area (Å²) in [6.07, 6.45) is 0. The second kappa shape index (κ2) is 0.768. The molecule has 2 nitrogen and oxygen atoms in total. The molecule has 2 aliphatic rings. The molecule has 2 atom stereocenters. The first-order valence-electron chi connectivity index (χ1n) is 2.43. The van der Waals surface area contributed by atoms with Crippen LogP contribution in [0, 0.1) is 0 Å². The van der Waals surface area contributed by atoms with Gasteiger partial charge < -0.3 is 10.6 Å². The number of fused-ring (bicyclic) bond motifs is 1. The van der Waals surface area contributed by atoms with Gasteiger partial charge in [-0.05, 0) is 0 Å². The quantitative estimate of drug-likeness (QED) is 0.390. The third-order valence-corrected chi connectivity index (χ3v) is 1.69. The van der Waals surface area contributed by atoms with E-state index in [0.717, 1.165) is 12.1 Å². The molecule has 2 rings (SSSR count). The smallest absolute Gasteiger partial charge is 0.0359 e.